The van der Waals surface area contributed by atoms with E-state index in [1.807, 2.05) is 24.0 Å². The predicted molar refractivity (Wildman–Crippen MR) is 107 cm³/mol. The minimum atomic E-state index is -0.215. The molecule has 1 saturated heterocycles. The van der Waals surface area contributed by atoms with Crippen LogP contribution in [-0.4, -0.2) is 46.5 Å². The van der Waals surface area contributed by atoms with Crippen LogP contribution in [0.2, 0.25) is 0 Å². The van der Waals surface area contributed by atoms with Crippen LogP contribution < -0.4 is 0 Å². The average molecular weight is 387 g/mol. The third-order valence-corrected chi connectivity index (χ3v) is 5.59. The van der Waals surface area contributed by atoms with E-state index < -0.39 is 0 Å². The van der Waals surface area contributed by atoms with Gasteiger partial charge in [0, 0.05) is 32.2 Å². The summed E-state index contributed by atoms with van der Waals surface area (Å²) in [5.41, 5.74) is 2.45. The molecule has 0 unspecified atom stereocenters. The molecule has 0 spiro atoms. The molecule has 28 heavy (non-hydrogen) atoms. The highest BCUT2D eigenvalue weighted by molar-refractivity contribution is 5.96. The number of amides is 1. The maximum Gasteiger partial charge on any atom is 0.259 e. The number of carbonyl (C=O) groups is 1. The van der Waals surface area contributed by atoms with Crippen molar-refractivity contribution in [1.82, 2.24) is 15.0 Å². The first kappa shape index (κ1) is 20.5. The molecule has 1 aromatic carbocycles. The molecule has 0 aliphatic carbocycles. The van der Waals surface area contributed by atoms with Gasteiger partial charge in [0.05, 0.1) is 5.69 Å². The molecule has 1 aliphatic rings. The van der Waals surface area contributed by atoms with Crippen molar-refractivity contribution in [3.8, 4) is 0 Å². The van der Waals surface area contributed by atoms with Gasteiger partial charge >= 0.3 is 0 Å². The van der Waals surface area contributed by atoms with Crippen LogP contribution in [0.3, 0.4) is 0 Å². The largest absolute Gasteiger partial charge is 0.361 e. The Balaban J connectivity index is 1.79. The summed E-state index contributed by atoms with van der Waals surface area (Å²) in [4.78, 5) is 17.6. The molecule has 2 heterocycles. The summed E-state index contributed by atoms with van der Waals surface area (Å²) in [6.45, 7) is 11.2. The van der Waals surface area contributed by atoms with Crippen LogP contribution in [0.5, 0.6) is 0 Å². The quantitative estimate of drug-likeness (QED) is 0.776. The average Bonchev–Trinajstić information content (AvgIpc) is 2.91. The van der Waals surface area contributed by atoms with Gasteiger partial charge in [-0.1, -0.05) is 38.1 Å². The molecule has 5 nitrogen and oxygen atoms in total. The van der Waals surface area contributed by atoms with Crippen LogP contribution in [0.25, 0.3) is 0 Å². The van der Waals surface area contributed by atoms with E-state index in [1.165, 1.54) is 12.1 Å². The molecular formula is C22H30FN3O2. The molecule has 1 aliphatic heterocycles. The van der Waals surface area contributed by atoms with Gasteiger partial charge in [-0.25, -0.2) is 4.39 Å². The van der Waals surface area contributed by atoms with Crippen LogP contribution in [0.1, 0.15) is 54.6 Å². The van der Waals surface area contributed by atoms with Crippen molar-refractivity contribution in [3.63, 3.8) is 0 Å². The van der Waals surface area contributed by atoms with Gasteiger partial charge in [-0.15, -0.1) is 0 Å². The first-order valence-corrected chi connectivity index (χ1v) is 10.1. The lowest BCUT2D eigenvalue weighted by atomic mass is 10.0. The highest BCUT2D eigenvalue weighted by atomic mass is 19.1. The number of aromatic nitrogens is 1. The van der Waals surface area contributed by atoms with Gasteiger partial charge in [-0.2, -0.15) is 0 Å². The van der Waals surface area contributed by atoms with Crippen molar-refractivity contribution >= 4 is 5.91 Å². The molecule has 3 rings (SSSR count). The number of hydrogen-bond acceptors (Lipinski definition) is 4. The van der Waals surface area contributed by atoms with Crippen LogP contribution in [0, 0.1) is 18.7 Å². The van der Waals surface area contributed by atoms with E-state index in [1.54, 1.807) is 6.92 Å². The van der Waals surface area contributed by atoms with Crippen LogP contribution >= 0.6 is 0 Å². The molecule has 1 atom stereocenters. The van der Waals surface area contributed by atoms with Gasteiger partial charge < -0.3 is 9.42 Å². The molecule has 0 bridgehead atoms. The molecule has 2 aromatic rings. The smallest absolute Gasteiger partial charge is 0.259 e. The number of rotatable bonds is 5. The standard InChI is InChI=1S/C22H30FN3O2/c1-5-19-21(16(4)28-24-19)22(27)26-12-6-11-25(20(14-26)15(2)3)13-17-7-9-18(23)10-8-17/h7-10,15,20H,5-6,11-14H2,1-4H3/t20-/m1/s1. The van der Waals surface area contributed by atoms with Crippen LogP contribution in [0.4, 0.5) is 4.39 Å². The van der Waals surface area contributed by atoms with Gasteiger partial charge in [0.2, 0.25) is 0 Å². The summed E-state index contributed by atoms with van der Waals surface area (Å²) in [5.74, 6) is 0.788. The number of aryl methyl sites for hydroxylation is 2. The van der Waals surface area contributed by atoms with Crippen molar-refractivity contribution in [2.24, 2.45) is 5.92 Å². The minimum Gasteiger partial charge on any atom is -0.361 e. The fraction of sp³-hybridized carbons (Fsp3) is 0.545. The SMILES string of the molecule is CCc1noc(C)c1C(=O)N1CCCN(Cc2ccc(F)cc2)[C@@H](C(C)C)C1. The van der Waals surface area contributed by atoms with E-state index in [0.29, 0.717) is 30.2 Å². The molecule has 0 saturated carbocycles. The fourth-order valence-corrected chi connectivity index (χ4v) is 3.99. The molecule has 1 fully saturated rings. The maximum absolute atomic E-state index is 13.3. The zero-order valence-electron chi connectivity index (χ0n) is 17.2. The Morgan fingerprint density at radius 2 is 2.00 bits per heavy atom. The lowest BCUT2D eigenvalue weighted by Crippen LogP contribution is -2.45. The van der Waals surface area contributed by atoms with E-state index in [4.69, 9.17) is 4.52 Å². The third kappa shape index (κ3) is 4.43. The topological polar surface area (TPSA) is 49.6 Å². The second kappa shape index (κ2) is 8.86. The Morgan fingerprint density at radius 1 is 1.29 bits per heavy atom. The number of halogens is 1. The number of hydrogen-bond donors (Lipinski definition) is 0. The molecule has 0 radical (unpaired) electrons. The van der Waals surface area contributed by atoms with Crippen molar-refractivity contribution in [3.05, 3.63) is 52.7 Å². The monoisotopic (exact) mass is 387 g/mol. The predicted octanol–water partition coefficient (Wildman–Crippen LogP) is 4.06. The normalized spacial score (nSPS) is 18.5. The molecule has 152 valence electrons. The van der Waals surface area contributed by atoms with Crippen molar-refractivity contribution < 1.29 is 13.7 Å². The third-order valence-electron chi connectivity index (χ3n) is 5.59. The van der Waals surface area contributed by atoms with Gasteiger partial charge in [0.25, 0.3) is 5.91 Å². The highest BCUT2D eigenvalue weighted by Crippen LogP contribution is 2.23. The summed E-state index contributed by atoms with van der Waals surface area (Å²) < 4.78 is 18.5. The maximum atomic E-state index is 13.3. The Kier molecular flexibility index (Phi) is 6.50. The summed E-state index contributed by atoms with van der Waals surface area (Å²) >= 11 is 0. The molecule has 0 N–H and O–H groups in total. The molecule has 6 heteroatoms. The summed E-state index contributed by atoms with van der Waals surface area (Å²) in [5, 5.41) is 4.04. The zero-order valence-corrected chi connectivity index (χ0v) is 17.2. The van der Waals surface area contributed by atoms with Gasteiger partial charge in [0.15, 0.2) is 0 Å². The summed E-state index contributed by atoms with van der Waals surface area (Å²) in [6, 6.07) is 6.94. The van der Waals surface area contributed by atoms with Crippen LogP contribution in [0.15, 0.2) is 28.8 Å². The first-order chi connectivity index (χ1) is 13.4. The Labute approximate surface area is 166 Å². The van der Waals surface area contributed by atoms with E-state index in [-0.39, 0.29) is 17.8 Å². The van der Waals surface area contributed by atoms with Crippen LogP contribution in [-0.2, 0) is 13.0 Å². The second-order valence-corrected chi connectivity index (χ2v) is 7.93. The lowest BCUT2D eigenvalue weighted by Gasteiger charge is -2.34. The zero-order chi connectivity index (χ0) is 20.3. The molecule has 1 amide bonds. The highest BCUT2D eigenvalue weighted by Gasteiger charge is 2.32. The number of benzene rings is 1. The van der Waals surface area contributed by atoms with E-state index in [9.17, 15) is 9.18 Å². The molecular weight excluding hydrogens is 357 g/mol. The number of nitrogens with zero attached hydrogens (tertiary/aromatic N) is 3. The van der Waals surface area contributed by atoms with Crippen molar-refractivity contribution in [1.29, 1.82) is 0 Å². The fourth-order valence-electron chi connectivity index (χ4n) is 3.99. The van der Waals surface area contributed by atoms with E-state index in [0.717, 1.165) is 37.3 Å². The van der Waals surface area contributed by atoms with Crippen molar-refractivity contribution in [2.75, 3.05) is 19.6 Å². The Hall–Kier alpha value is -2.21. The lowest BCUT2D eigenvalue weighted by molar-refractivity contribution is 0.0699. The van der Waals surface area contributed by atoms with E-state index >= 15 is 0 Å². The van der Waals surface area contributed by atoms with Gasteiger partial charge in [-0.3, -0.25) is 9.69 Å². The number of carbonyl (C=O) groups excluding carboxylic acids is 1. The van der Waals surface area contributed by atoms with Gasteiger partial charge in [0.1, 0.15) is 17.1 Å². The first-order valence-electron chi connectivity index (χ1n) is 10.1. The van der Waals surface area contributed by atoms with Crippen molar-refractivity contribution in [2.45, 2.75) is 53.1 Å². The second-order valence-electron chi connectivity index (χ2n) is 7.93. The summed E-state index contributed by atoms with van der Waals surface area (Å²) in [7, 11) is 0. The summed E-state index contributed by atoms with van der Waals surface area (Å²) in [6.07, 6.45) is 1.58. The Bertz CT molecular complexity index is 801. The minimum absolute atomic E-state index is 0.0184. The Morgan fingerprint density at radius 3 is 2.64 bits per heavy atom. The van der Waals surface area contributed by atoms with E-state index in [2.05, 4.69) is 23.9 Å². The van der Waals surface area contributed by atoms with Gasteiger partial charge in [-0.05, 0) is 43.4 Å². The molecule has 1 aromatic heterocycles.